The molecule has 1 fully saturated rings. The van der Waals surface area contributed by atoms with Gasteiger partial charge in [0, 0.05) is 0 Å². The fraction of sp³-hybridized carbons (Fsp3) is 0.400. The summed E-state index contributed by atoms with van der Waals surface area (Å²) in [6.07, 6.45) is 4.54. The van der Waals surface area contributed by atoms with Crippen LogP contribution < -0.4 is 0 Å². The smallest absolute Gasteiger partial charge is 0.314 e. The van der Waals surface area contributed by atoms with E-state index in [2.05, 4.69) is 6.58 Å². The van der Waals surface area contributed by atoms with Crippen molar-refractivity contribution in [1.82, 2.24) is 0 Å². The zero-order chi connectivity index (χ0) is 12.3. The van der Waals surface area contributed by atoms with Crippen LogP contribution in [-0.2, 0) is 4.79 Å². The fourth-order valence-electron chi connectivity index (χ4n) is 2.72. The second kappa shape index (κ2) is 4.74. The first-order chi connectivity index (χ1) is 8.17. The van der Waals surface area contributed by atoms with Crippen molar-refractivity contribution >= 4 is 11.5 Å². The monoisotopic (exact) mass is 230 g/mol. The summed E-state index contributed by atoms with van der Waals surface area (Å²) in [5, 5.41) is 9.56. The number of hydrogen-bond donors (Lipinski definition) is 1. The average molecular weight is 230 g/mol. The molecule has 1 aliphatic rings. The summed E-state index contributed by atoms with van der Waals surface area (Å²) in [5.41, 5.74) is 0.988. The van der Waals surface area contributed by atoms with Gasteiger partial charge >= 0.3 is 5.97 Å². The number of hydrogen-bond acceptors (Lipinski definition) is 1. The maximum absolute atomic E-state index is 11.6. The highest BCUT2D eigenvalue weighted by Crippen LogP contribution is 2.46. The Kier molecular flexibility index (Phi) is 3.32. The Bertz CT molecular complexity index is 414. The van der Waals surface area contributed by atoms with Gasteiger partial charge in [0.05, 0.1) is 5.41 Å². The Labute approximate surface area is 102 Å². The first-order valence-corrected chi connectivity index (χ1v) is 6.15. The van der Waals surface area contributed by atoms with Crippen molar-refractivity contribution in [2.24, 2.45) is 5.41 Å². The van der Waals surface area contributed by atoms with Crippen LogP contribution >= 0.6 is 0 Å². The van der Waals surface area contributed by atoms with Crippen LogP contribution in [0.1, 0.15) is 37.7 Å². The SMILES string of the molecule is C=C(c1ccccc1)C1(C(=O)O)CCCCC1. The molecular weight excluding hydrogens is 212 g/mol. The molecule has 2 rings (SSSR count). The molecule has 0 amide bonds. The summed E-state index contributed by atoms with van der Waals surface area (Å²) >= 11 is 0. The Balaban J connectivity index is 2.34. The zero-order valence-corrected chi connectivity index (χ0v) is 9.98. The number of carbonyl (C=O) groups is 1. The Hall–Kier alpha value is -1.57. The van der Waals surface area contributed by atoms with Crippen LogP contribution in [0.25, 0.3) is 5.57 Å². The van der Waals surface area contributed by atoms with Crippen LogP contribution in [0.15, 0.2) is 36.9 Å². The quantitative estimate of drug-likeness (QED) is 0.859. The molecule has 0 aliphatic heterocycles. The van der Waals surface area contributed by atoms with E-state index in [0.717, 1.165) is 43.2 Å². The molecule has 17 heavy (non-hydrogen) atoms. The Morgan fingerprint density at radius 3 is 2.24 bits per heavy atom. The van der Waals surface area contributed by atoms with E-state index in [1.165, 1.54) is 0 Å². The molecular formula is C15H18O2. The van der Waals surface area contributed by atoms with Crippen LogP contribution in [0, 0.1) is 5.41 Å². The van der Waals surface area contributed by atoms with E-state index >= 15 is 0 Å². The molecule has 1 aliphatic carbocycles. The third kappa shape index (κ3) is 2.12. The van der Waals surface area contributed by atoms with Crippen molar-refractivity contribution in [2.75, 3.05) is 0 Å². The van der Waals surface area contributed by atoms with Crippen LogP contribution in [0.2, 0.25) is 0 Å². The van der Waals surface area contributed by atoms with Crippen molar-refractivity contribution < 1.29 is 9.90 Å². The summed E-state index contributed by atoms with van der Waals surface area (Å²) < 4.78 is 0. The van der Waals surface area contributed by atoms with Gasteiger partial charge in [0.15, 0.2) is 0 Å². The van der Waals surface area contributed by atoms with Crippen LogP contribution in [0.3, 0.4) is 0 Å². The van der Waals surface area contributed by atoms with Gasteiger partial charge in [-0.25, -0.2) is 0 Å². The predicted molar refractivity (Wildman–Crippen MR) is 68.6 cm³/mol. The Morgan fingerprint density at radius 2 is 1.71 bits per heavy atom. The van der Waals surface area contributed by atoms with Gasteiger partial charge in [0.2, 0.25) is 0 Å². The standard InChI is InChI=1S/C15H18O2/c1-12(13-8-4-2-5-9-13)15(14(16)17)10-6-3-7-11-15/h2,4-5,8-9H,1,3,6-7,10-11H2,(H,16,17). The summed E-state index contributed by atoms with van der Waals surface area (Å²) in [6, 6.07) is 9.69. The molecule has 0 heterocycles. The summed E-state index contributed by atoms with van der Waals surface area (Å²) in [4.78, 5) is 11.6. The first kappa shape index (κ1) is 11.9. The molecule has 0 saturated heterocycles. The lowest BCUT2D eigenvalue weighted by Crippen LogP contribution is -2.34. The number of carboxylic acids is 1. The van der Waals surface area contributed by atoms with Crippen molar-refractivity contribution in [3.63, 3.8) is 0 Å². The highest BCUT2D eigenvalue weighted by Gasteiger charge is 2.42. The highest BCUT2D eigenvalue weighted by atomic mass is 16.4. The number of carboxylic acid groups (broad SMARTS) is 1. The van der Waals surface area contributed by atoms with E-state index < -0.39 is 11.4 Å². The summed E-state index contributed by atoms with van der Waals surface area (Å²) in [6.45, 7) is 4.06. The minimum Gasteiger partial charge on any atom is -0.481 e. The second-order valence-corrected chi connectivity index (χ2v) is 4.79. The molecule has 0 unspecified atom stereocenters. The maximum atomic E-state index is 11.6. The van der Waals surface area contributed by atoms with Crippen LogP contribution in [0.5, 0.6) is 0 Å². The minimum absolute atomic E-state index is 0.717. The van der Waals surface area contributed by atoms with E-state index in [9.17, 15) is 9.90 Å². The number of rotatable bonds is 3. The van der Waals surface area contributed by atoms with Gasteiger partial charge in [-0.15, -0.1) is 0 Å². The van der Waals surface area contributed by atoms with Gasteiger partial charge in [-0.3, -0.25) is 4.79 Å². The summed E-state index contributed by atoms with van der Waals surface area (Å²) in [7, 11) is 0. The lowest BCUT2D eigenvalue weighted by Gasteiger charge is -2.35. The molecule has 1 aromatic carbocycles. The fourth-order valence-corrected chi connectivity index (χ4v) is 2.72. The average Bonchev–Trinajstić information content (AvgIpc) is 2.39. The van der Waals surface area contributed by atoms with Crippen molar-refractivity contribution in [2.45, 2.75) is 32.1 Å². The molecule has 0 radical (unpaired) electrons. The Morgan fingerprint density at radius 1 is 1.12 bits per heavy atom. The normalized spacial score (nSPS) is 18.6. The van der Waals surface area contributed by atoms with E-state index in [1.807, 2.05) is 30.3 Å². The zero-order valence-electron chi connectivity index (χ0n) is 9.98. The van der Waals surface area contributed by atoms with Crippen molar-refractivity contribution in [1.29, 1.82) is 0 Å². The molecule has 0 bridgehead atoms. The topological polar surface area (TPSA) is 37.3 Å². The first-order valence-electron chi connectivity index (χ1n) is 6.15. The van der Waals surface area contributed by atoms with Gasteiger partial charge in [-0.05, 0) is 24.0 Å². The van der Waals surface area contributed by atoms with Gasteiger partial charge in [0.1, 0.15) is 0 Å². The third-order valence-electron chi connectivity index (χ3n) is 3.82. The number of benzene rings is 1. The van der Waals surface area contributed by atoms with Crippen LogP contribution in [-0.4, -0.2) is 11.1 Å². The largest absolute Gasteiger partial charge is 0.481 e. The molecule has 0 aromatic heterocycles. The van der Waals surface area contributed by atoms with Gasteiger partial charge in [-0.1, -0.05) is 56.2 Å². The molecule has 0 spiro atoms. The molecule has 2 heteroatoms. The third-order valence-corrected chi connectivity index (χ3v) is 3.82. The number of aliphatic carboxylic acids is 1. The maximum Gasteiger partial charge on any atom is 0.314 e. The van der Waals surface area contributed by atoms with Crippen molar-refractivity contribution in [3.8, 4) is 0 Å². The van der Waals surface area contributed by atoms with E-state index in [1.54, 1.807) is 0 Å². The van der Waals surface area contributed by atoms with Crippen LogP contribution in [0.4, 0.5) is 0 Å². The highest BCUT2D eigenvalue weighted by molar-refractivity contribution is 5.91. The van der Waals surface area contributed by atoms with E-state index in [-0.39, 0.29) is 0 Å². The molecule has 0 atom stereocenters. The van der Waals surface area contributed by atoms with Crippen molar-refractivity contribution in [3.05, 3.63) is 42.5 Å². The molecule has 2 nitrogen and oxygen atoms in total. The minimum atomic E-state index is -0.737. The molecule has 1 saturated carbocycles. The van der Waals surface area contributed by atoms with E-state index in [4.69, 9.17) is 0 Å². The lowest BCUT2D eigenvalue weighted by molar-refractivity contribution is -0.146. The van der Waals surface area contributed by atoms with Gasteiger partial charge < -0.3 is 5.11 Å². The molecule has 90 valence electrons. The van der Waals surface area contributed by atoms with Gasteiger partial charge in [-0.2, -0.15) is 0 Å². The predicted octanol–water partition coefficient (Wildman–Crippen LogP) is 3.73. The molecule has 1 N–H and O–H groups in total. The lowest BCUT2D eigenvalue weighted by atomic mass is 9.68. The molecule has 1 aromatic rings. The van der Waals surface area contributed by atoms with Gasteiger partial charge in [0.25, 0.3) is 0 Å². The van der Waals surface area contributed by atoms with E-state index in [0.29, 0.717) is 0 Å². The second-order valence-electron chi connectivity index (χ2n) is 4.79. The summed E-state index contributed by atoms with van der Waals surface area (Å²) in [5.74, 6) is -0.717.